The van der Waals surface area contributed by atoms with E-state index in [4.69, 9.17) is 13.9 Å². The summed E-state index contributed by atoms with van der Waals surface area (Å²) in [6.07, 6.45) is 3.23. The van der Waals surface area contributed by atoms with Gasteiger partial charge in [0.1, 0.15) is 23.1 Å². The fourth-order valence-corrected chi connectivity index (χ4v) is 5.70. The summed E-state index contributed by atoms with van der Waals surface area (Å²) in [5.41, 5.74) is 4.29. The van der Waals surface area contributed by atoms with Crippen LogP contribution in [0.2, 0.25) is 0 Å². The van der Waals surface area contributed by atoms with Gasteiger partial charge in [-0.3, -0.25) is 9.59 Å². The van der Waals surface area contributed by atoms with E-state index in [0.29, 0.717) is 30.7 Å². The van der Waals surface area contributed by atoms with Crippen LogP contribution in [0.15, 0.2) is 52.9 Å². The maximum Gasteiger partial charge on any atom is 0.253 e. The van der Waals surface area contributed by atoms with E-state index in [2.05, 4.69) is 25.5 Å². The molecule has 0 radical (unpaired) electrons. The van der Waals surface area contributed by atoms with Crippen LogP contribution in [0, 0.1) is 6.92 Å². The van der Waals surface area contributed by atoms with Crippen LogP contribution >= 0.6 is 0 Å². The zero-order valence-electron chi connectivity index (χ0n) is 25.2. The molecule has 2 atom stereocenters. The van der Waals surface area contributed by atoms with Crippen molar-refractivity contribution >= 4 is 33.5 Å². The summed E-state index contributed by atoms with van der Waals surface area (Å²) in [7, 11) is 3.18. The number of para-hydroxylation sites is 1. The first-order chi connectivity index (χ1) is 20.8. The molecule has 0 aliphatic carbocycles. The van der Waals surface area contributed by atoms with Crippen LogP contribution in [0.4, 0.5) is 0 Å². The molecule has 2 N–H and O–H groups in total. The Morgan fingerprint density at radius 1 is 1.05 bits per heavy atom. The van der Waals surface area contributed by atoms with Crippen molar-refractivity contribution in [3.05, 3.63) is 65.7 Å². The second-order valence-corrected chi connectivity index (χ2v) is 10.7. The number of H-pyrrole nitrogens is 1. The largest absolute Gasteiger partial charge is 0.497 e. The summed E-state index contributed by atoms with van der Waals surface area (Å²) in [5, 5.41) is 13.8. The number of aromatic amines is 1. The third-order valence-electron chi connectivity index (χ3n) is 7.81. The Kier molecular flexibility index (Phi) is 9.04. The van der Waals surface area contributed by atoms with Crippen LogP contribution in [0.3, 0.4) is 0 Å². The number of ether oxygens (including phenoxy) is 2. The molecule has 3 heterocycles. The molecule has 0 aliphatic rings. The molecular weight excluding hydrogens is 546 g/mol. The molecule has 3 aromatic heterocycles. The molecule has 0 saturated carbocycles. The van der Waals surface area contributed by atoms with Crippen molar-refractivity contribution in [1.29, 1.82) is 0 Å². The number of hydrogen-bond donors (Lipinski definition) is 2. The number of fused-ring (bicyclic) bond motifs is 2. The zero-order chi connectivity index (χ0) is 30.5. The molecule has 43 heavy (non-hydrogen) atoms. The Labute approximate surface area is 250 Å². The summed E-state index contributed by atoms with van der Waals surface area (Å²) in [6, 6.07) is 14.9. The molecule has 1 amide bonds. The van der Waals surface area contributed by atoms with Gasteiger partial charge >= 0.3 is 0 Å². The first kappa shape index (κ1) is 29.8. The number of nitrogens with one attached hydrogen (secondary N) is 2. The smallest absolute Gasteiger partial charge is 0.253 e. The van der Waals surface area contributed by atoms with Gasteiger partial charge in [0, 0.05) is 47.7 Å². The minimum Gasteiger partial charge on any atom is -0.497 e. The number of unbranched alkanes of at least 4 members (excludes halogenated alkanes) is 1. The number of aromatic nitrogens is 4. The van der Waals surface area contributed by atoms with Gasteiger partial charge in [-0.25, -0.2) is 4.98 Å². The van der Waals surface area contributed by atoms with Crippen molar-refractivity contribution in [2.75, 3.05) is 14.2 Å². The van der Waals surface area contributed by atoms with Crippen molar-refractivity contribution < 1.29 is 23.5 Å². The summed E-state index contributed by atoms with van der Waals surface area (Å²) >= 11 is 0. The van der Waals surface area contributed by atoms with E-state index < -0.39 is 6.04 Å². The van der Waals surface area contributed by atoms with E-state index in [-0.39, 0.29) is 29.4 Å². The lowest BCUT2D eigenvalue weighted by molar-refractivity contribution is -0.120. The number of pyridine rings is 1. The van der Waals surface area contributed by atoms with Crippen molar-refractivity contribution in [3.63, 3.8) is 0 Å². The van der Waals surface area contributed by atoms with Crippen molar-refractivity contribution in [1.82, 2.24) is 25.5 Å². The Morgan fingerprint density at radius 2 is 1.86 bits per heavy atom. The standard InChI is InChI=1S/C33H37N5O5/c1-6-22(40)12-8-9-13-24(29-19(2)34-28-16-15-23(41-4)18-25(28)29)30(35-20(3)39)33-38-37-32(43-33)26-17-21-11-7-10-14-27(21)36-31(26)42-5/h7,10-11,14-18,24,30,34H,6,8-9,12-13H2,1-5H3,(H,35,39)/t24-,30-/m0/s1. The molecule has 0 unspecified atom stereocenters. The van der Waals surface area contributed by atoms with Gasteiger partial charge in [0.2, 0.25) is 17.7 Å². The Bertz CT molecular complexity index is 1760. The van der Waals surface area contributed by atoms with Crippen molar-refractivity contribution in [3.8, 4) is 23.1 Å². The van der Waals surface area contributed by atoms with Crippen LogP contribution in [0.1, 0.15) is 75.1 Å². The maximum absolute atomic E-state index is 12.6. The molecule has 0 aliphatic heterocycles. The van der Waals surface area contributed by atoms with E-state index in [1.54, 1.807) is 14.2 Å². The molecule has 2 aromatic carbocycles. The average Bonchev–Trinajstić information content (AvgIpc) is 3.63. The summed E-state index contributed by atoms with van der Waals surface area (Å²) in [5.74, 6) is 1.37. The monoisotopic (exact) mass is 583 g/mol. The minimum absolute atomic E-state index is 0.226. The SMILES string of the molecule is CCC(=O)CCCC[C@@H](c1c(C)[nH]c2ccc(OC)cc12)[C@H](NC(C)=O)c1nnc(-c2cc3ccccc3nc2OC)o1. The zero-order valence-corrected chi connectivity index (χ0v) is 25.2. The van der Waals surface area contributed by atoms with Gasteiger partial charge in [-0.05, 0) is 55.7 Å². The van der Waals surface area contributed by atoms with Crippen LogP contribution in [-0.2, 0) is 9.59 Å². The molecule has 0 fully saturated rings. The van der Waals surface area contributed by atoms with Gasteiger partial charge in [0.15, 0.2) is 0 Å². The quantitative estimate of drug-likeness (QED) is 0.148. The third-order valence-corrected chi connectivity index (χ3v) is 7.81. The first-order valence-electron chi connectivity index (χ1n) is 14.6. The lowest BCUT2D eigenvalue weighted by Crippen LogP contribution is -2.31. The topological polar surface area (TPSA) is 132 Å². The van der Waals surface area contributed by atoms with Gasteiger partial charge in [-0.2, -0.15) is 0 Å². The number of ketones is 1. The van der Waals surface area contributed by atoms with E-state index in [1.165, 1.54) is 6.92 Å². The molecule has 224 valence electrons. The summed E-state index contributed by atoms with van der Waals surface area (Å²) in [6.45, 7) is 5.38. The number of benzene rings is 2. The predicted octanol–water partition coefficient (Wildman–Crippen LogP) is 6.59. The second kappa shape index (κ2) is 13.1. The fraction of sp³-hybridized carbons (Fsp3) is 0.364. The number of aryl methyl sites for hydroxylation is 1. The number of methoxy groups -OCH3 is 2. The van der Waals surface area contributed by atoms with Crippen LogP contribution in [0.5, 0.6) is 11.6 Å². The number of carbonyl (C=O) groups excluding carboxylic acids is 2. The summed E-state index contributed by atoms with van der Waals surface area (Å²) in [4.78, 5) is 32.8. The number of nitrogens with zero attached hydrogens (tertiary/aromatic N) is 3. The highest BCUT2D eigenvalue weighted by Crippen LogP contribution is 2.42. The highest BCUT2D eigenvalue weighted by atomic mass is 16.5. The lowest BCUT2D eigenvalue weighted by atomic mass is 9.84. The highest BCUT2D eigenvalue weighted by molar-refractivity contribution is 5.87. The van der Waals surface area contributed by atoms with E-state index in [1.807, 2.05) is 62.4 Å². The van der Waals surface area contributed by atoms with E-state index in [9.17, 15) is 9.59 Å². The second-order valence-electron chi connectivity index (χ2n) is 10.7. The number of carbonyl (C=O) groups is 2. The third kappa shape index (κ3) is 6.38. The normalized spacial score (nSPS) is 12.8. The predicted molar refractivity (Wildman–Crippen MR) is 164 cm³/mol. The van der Waals surface area contributed by atoms with Crippen LogP contribution in [-0.4, -0.2) is 46.1 Å². The average molecular weight is 584 g/mol. The van der Waals surface area contributed by atoms with E-state index in [0.717, 1.165) is 51.7 Å². The molecule has 10 heteroatoms. The molecule has 0 spiro atoms. The molecule has 5 aromatic rings. The van der Waals surface area contributed by atoms with Gasteiger partial charge in [-0.15, -0.1) is 10.2 Å². The highest BCUT2D eigenvalue weighted by Gasteiger charge is 2.34. The fourth-order valence-electron chi connectivity index (χ4n) is 5.70. The molecular formula is C33H37N5O5. The Balaban J connectivity index is 1.59. The van der Waals surface area contributed by atoms with Gasteiger partial charge < -0.3 is 24.2 Å². The van der Waals surface area contributed by atoms with Crippen molar-refractivity contribution in [2.45, 2.75) is 64.8 Å². The number of amides is 1. The summed E-state index contributed by atoms with van der Waals surface area (Å²) < 4.78 is 17.4. The molecule has 0 bridgehead atoms. The molecule has 5 rings (SSSR count). The Morgan fingerprint density at radius 3 is 2.60 bits per heavy atom. The number of hydrogen-bond acceptors (Lipinski definition) is 8. The lowest BCUT2D eigenvalue weighted by Gasteiger charge is -2.26. The Hall–Kier alpha value is -4.73. The van der Waals surface area contributed by atoms with Crippen LogP contribution in [0.25, 0.3) is 33.3 Å². The van der Waals surface area contributed by atoms with Crippen molar-refractivity contribution in [2.24, 2.45) is 0 Å². The molecule has 0 saturated heterocycles. The molecule has 10 nitrogen and oxygen atoms in total. The van der Waals surface area contributed by atoms with Crippen LogP contribution < -0.4 is 14.8 Å². The van der Waals surface area contributed by atoms with Gasteiger partial charge in [0.25, 0.3) is 5.89 Å². The first-order valence-corrected chi connectivity index (χ1v) is 14.6. The minimum atomic E-state index is -0.635. The maximum atomic E-state index is 12.6. The number of rotatable bonds is 13. The van der Waals surface area contributed by atoms with Gasteiger partial charge in [0.05, 0.1) is 19.7 Å². The van der Waals surface area contributed by atoms with E-state index >= 15 is 0 Å². The van der Waals surface area contributed by atoms with Gasteiger partial charge in [-0.1, -0.05) is 31.5 Å². The number of Topliss-reactive ketones (excluding diaryl/α,β-unsaturated/α-hetero) is 1.